The number of esters is 1. The Balaban J connectivity index is 2.20. The average molecular weight is 348 g/mol. The highest BCUT2D eigenvalue weighted by atomic mass is 16.6. The summed E-state index contributed by atoms with van der Waals surface area (Å²) in [6.45, 7) is 3.85. The van der Waals surface area contributed by atoms with Crippen molar-refractivity contribution in [2.45, 2.75) is 26.6 Å². The number of carbonyl (C=O) groups is 3. The fourth-order valence-corrected chi connectivity index (χ4v) is 2.15. The van der Waals surface area contributed by atoms with Gasteiger partial charge in [-0.15, -0.1) is 0 Å². The molecule has 0 unspecified atom stereocenters. The van der Waals surface area contributed by atoms with E-state index in [2.05, 4.69) is 5.32 Å². The van der Waals surface area contributed by atoms with Crippen molar-refractivity contribution >= 4 is 28.9 Å². The van der Waals surface area contributed by atoms with E-state index in [1.54, 1.807) is 12.1 Å². The number of hydrogen-bond donors (Lipinski definition) is 2. The van der Waals surface area contributed by atoms with Gasteiger partial charge in [0.15, 0.2) is 6.10 Å². The van der Waals surface area contributed by atoms with E-state index in [0.29, 0.717) is 17.8 Å². The molecular weight excluding hydrogens is 328 g/mol. The molecule has 0 saturated carbocycles. The fraction of sp³-hybridized carbons (Fsp3) is 0.353. The molecule has 0 aliphatic rings. The van der Waals surface area contributed by atoms with E-state index in [0.717, 1.165) is 5.39 Å². The lowest BCUT2D eigenvalue weighted by Crippen LogP contribution is -2.43. The SMILES string of the molecule is CCOCc1c(C(=O)O[C@@H](C)C(=O)NC(=O)NC)oc2ccccc12. The van der Waals surface area contributed by atoms with Crippen molar-refractivity contribution < 1.29 is 28.3 Å². The molecule has 1 aromatic carbocycles. The molecule has 8 nitrogen and oxygen atoms in total. The molecule has 1 heterocycles. The number of benzene rings is 1. The van der Waals surface area contributed by atoms with Crippen LogP contribution >= 0.6 is 0 Å². The van der Waals surface area contributed by atoms with Crippen molar-refractivity contribution in [2.75, 3.05) is 13.7 Å². The molecule has 3 amide bonds. The van der Waals surface area contributed by atoms with Gasteiger partial charge in [0.2, 0.25) is 5.76 Å². The molecule has 0 radical (unpaired) electrons. The number of furan rings is 1. The lowest BCUT2D eigenvalue weighted by Gasteiger charge is -2.12. The maximum atomic E-state index is 12.4. The van der Waals surface area contributed by atoms with Gasteiger partial charge in [0.05, 0.1) is 6.61 Å². The first-order valence-corrected chi connectivity index (χ1v) is 7.79. The van der Waals surface area contributed by atoms with Crippen LogP contribution in [0.25, 0.3) is 11.0 Å². The number of imide groups is 1. The Labute approximate surface area is 144 Å². The van der Waals surface area contributed by atoms with E-state index >= 15 is 0 Å². The summed E-state index contributed by atoms with van der Waals surface area (Å²) in [5.41, 5.74) is 1.08. The van der Waals surface area contributed by atoms with Gasteiger partial charge in [-0.3, -0.25) is 10.1 Å². The second kappa shape index (κ2) is 8.29. The predicted octanol–water partition coefficient (Wildman–Crippen LogP) is 1.97. The third kappa shape index (κ3) is 4.36. The number of para-hydroxylation sites is 1. The number of rotatable bonds is 6. The first-order valence-electron chi connectivity index (χ1n) is 7.79. The Morgan fingerprint density at radius 2 is 1.96 bits per heavy atom. The van der Waals surface area contributed by atoms with Gasteiger partial charge in [-0.05, 0) is 19.9 Å². The zero-order valence-corrected chi connectivity index (χ0v) is 14.3. The molecule has 25 heavy (non-hydrogen) atoms. The Kier molecular flexibility index (Phi) is 6.13. The van der Waals surface area contributed by atoms with E-state index in [9.17, 15) is 14.4 Å². The first kappa shape index (κ1) is 18.5. The second-order valence-electron chi connectivity index (χ2n) is 5.16. The lowest BCUT2D eigenvalue weighted by molar-refractivity contribution is -0.128. The molecule has 0 aliphatic heterocycles. The van der Waals surface area contributed by atoms with Crippen LogP contribution in [-0.4, -0.2) is 37.7 Å². The zero-order chi connectivity index (χ0) is 18.4. The predicted molar refractivity (Wildman–Crippen MR) is 89.0 cm³/mol. The summed E-state index contributed by atoms with van der Waals surface area (Å²) in [7, 11) is 1.37. The van der Waals surface area contributed by atoms with E-state index in [-0.39, 0.29) is 12.4 Å². The second-order valence-corrected chi connectivity index (χ2v) is 5.16. The summed E-state index contributed by atoms with van der Waals surface area (Å²) in [6, 6.07) is 6.45. The summed E-state index contributed by atoms with van der Waals surface area (Å²) in [4.78, 5) is 35.4. The van der Waals surface area contributed by atoms with Gasteiger partial charge in [0.25, 0.3) is 5.91 Å². The maximum absolute atomic E-state index is 12.4. The summed E-state index contributed by atoms with van der Waals surface area (Å²) < 4.78 is 16.1. The van der Waals surface area contributed by atoms with Crippen LogP contribution in [0.2, 0.25) is 0 Å². The molecule has 0 aliphatic carbocycles. The van der Waals surface area contributed by atoms with E-state index in [4.69, 9.17) is 13.9 Å². The number of amides is 3. The molecule has 0 saturated heterocycles. The minimum atomic E-state index is -1.17. The molecule has 8 heteroatoms. The van der Waals surface area contributed by atoms with Crippen molar-refractivity contribution in [2.24, 2.45) is 0 Å². The van der Waals surface area contributed by atoms with Crippen molar-refractivity contribution in [3.8, 4) is 0 Å². The summed E-state index contributed by atoms with van der Waals surface area (Å²) in [6.07, 6.45) is -1.17. The van der Waals surface area contributed by atoms with Crippen LogP contribution < -0.4 is 10.6 Å². The van der Waals surface area contributed by atoms with Crippen LogP contribution in [0.4, 0.5) is 4.79 Å². The first-order chi connectivity index (χ1) is 12.0. The number of fused-ring (bicyclic) bond motifs is 1. The number of carbonyl (C=O) groups excluding carboxylic acids is 3. The molecule has 0 spiro atoms. The smallest absolute Gasteiger partial charge is 0.375 e. The number of ether oxygens (including phenoxy) is 2. The molecular formula is C17H20N2O6. The van der Waals surface area contributed by atoms with Crippen LogP contribution in [0, 0.1) is 0 Å². The minimum Gasteiger partial charge on any atom is -0.449 e. The van der Waals surface area contributed by atoms with Crippen molar-refractivity contribution in [1.82, 2.24) is 10.6 Å². The van der Waals surface area contributed by atoms with Crippen molar-refractivity contribution in [3.05, 3.63) is 35.6 Å². The Bertz CT molecular complexity index is 783. The highest BCUT2D eigenvalue weighted by Crippen LogP contribution is 2.27. The molecule has 2 rings (SSSR count). The van der Waals surface area contributed by atoms with Crippen LogP contribution in [0.15, 0.2) is 28.7 Å². The zero-order valence-electron chi connectivity index (χ0n) is 14.3. The highest BCUT2D eigenvalue weighted by Gasteiger charge is 2.26. The van der Waals surface area contributed by atoms with Crippen LogP contribution in [0.1, 0.15) is 30.0 Å². The van der Waals surface area contributed by atoms with E-state index in [1.165, 1.54) is 14.0 Å². The van der Waals surface area contributed by atoms with Gasteiger partial charge in [-0.2, -0.15) is 0 Å². The Hall–Kier alpha value is -2.87. The fourth-order valence-electron chi connectivity index (χ4n) is 2.15. The average Bonchev–Trinajstić information content (AvgIpc) is 2.98. The minimum absolute atomic E-state index is 0.0192. The topological polar surface area (TPSA) is 107 Å². The summed E-state index contributed by atoms with van der Waals surface area (Å²) in [5.74, 6) is -1.56. The van der Waals surface area contributed by atoms with Gasteiger partial charge in [-0.25, -0.2) is 9.59 Å². The third-order valence-electron chi connectivity index (χ3n) is 3.45. The van der Waals surface area contributed by atoms with Crippen LogP contribution in [-0.2, 0) is 20.9 Å². The molecule has 0 bridgehead atoms. The summed E-state index contributed by atoms with van der Waals surface area (Å²) in [5, 5.41) is 5.02. The van der Waals surface area contributed by atoms with Gasteiger partial charge in [0, 0.05) is 24.6 Å². The highest BCUT2D eigenvalue weighted by molar-refractivity contribution is 5.99. The molecule has 2 N–H and O–H groups in total. The quantitative estimate of drug-likeness (QED) is 0.773. The van der Waals surface area contributed by atoms with E-state index < -0.39 is 24.0 Å². The monoisotopic (exact) mass is 348 g/mol. The molecule has 0 fully saturated rings. The van der Waals surface area contributed by atoms with Crippen LogP contribution in [0.5, 0.6) is 0 Å². The van der Waals surface area contributed by atoms with Gasteiger partial charge < -0.3 is 19.2 Å². The molecule has 134 valence electrons. The largest absolute Gasteiger partial charge is 0.449 e. The Morgan fingerprint density at radius 3 is 2.64 bits per heavy atom. The summed E-state index contributed by atoms with van der Waals surface area (Å²) >= 11 is 0. The van der Waals surface area contributed by atoms with E-state index in [1.807, 2.05) is 24.4 Å². The van der Waals surface area contributed by atoms with Crippen LogP contribution in [0.3, 0.4) is 0 Å². The number of hydrogen-bond acceptors (Lipinski definition) is 6. The maximum Gasteiger partial charge on any atom is 0.375 e. The molecule has 1 atom stereocenters. The number of urea groups is 1. The molecule has 1 aromatic heterocycles. The third-order valence-corrected chi connectivity index (χ3v) is 3.45. The molecule has 2 aromatic rings. The van der Waals surface area contributed by atoms with Gasteiger partial charge >= 0.3 is 12.0 Å². The normalized spacial score (nSPS) is 11.8. The Morgan fingerprint density at radius 1 is 1.24 bits per heavy atom. The standard InChI is InChI=1S/C17H20N2O6/c1-4-23-9-12-11-7-5-6-8-13(11)25-14(12)16(21)24-10(2)15(20)19-17(22)18-3/h5-8,10H,4,9H2,1-3H3,(H2,18,19,20,22)/t10-/m0/s1. The lowest BCUT2D eigenvalue weighted by atomic mass is 10.1. The van der Waals surface area contributed by atoms with Gasteiger partial charge in [0.1, 0.15) is 5.58 Å². The van der Waals surface area contributed by atoms with Crippen molar-refractivity contribution in [1.29, 1.82) is 0 Å². The number of nitrogens with one attached hydrogen (secondary N) is 2. The van der Waals surface area contributed by atoms with Crippen molar-refractivity contribution in [3.63, 3.8) is 0 Å². The van der Waals surface area contributed by atoms with Gasteiger partial charge in [-0.1, -0.05) is 18.2 Å².